The molecule has 154 valence electrons. The molecular weight excluding hydrogens is 418 g/mol. The highest BCUT2D eigenvalue weighted by molar-refractivity contribution is 8.29. The number of para-hydroxylation sites is 1. The van der Waals surface area contributed by atoms with Gasteiger partial charge in [-0.15, -0.1) is 0 Å². The second-order valence-electron chi connectivity index (χ2n) is 6.94. The average Bonchev–Trinajstić information content (AvgIpc) is 3.26. The van der Waals surface area contributed by atoms with Crippen molar-refractivity contribution in [1.29, 1.82) is 0 Å². The van der Waals surface area contributed by atoms with Crippen molar-refractivity contribution in [3.05, 3.63) is 70.8 Å². The number of hydrazone groups is 1. The molecule has 0 aromatic heterocycles. The summed E-state index contributed by atoms with van der Waals surface area (Å²) in [5.41, 5.74) is 3.67. The largest absolute Gasteiger partial charge is 0.464 e. The Bertz CT molecular complexity index is 1070. The first-order valence-corrected chi connectivity index (χ1v) is 11.0. The SMILES string of the molecule is COC(=O)C1=NN(c2ccc(C)cc2)[C@@]2(S1)SC(C(C)=O)=C(C)N2c1ccccc1. The Labute approximate surface area is 184 Å². The first-order chi connectivity index (χ1) is 14.4. The molecule has 4 rings (SSSR count). The third-order valence-corrected chi connectivity index (χ3v) is 7.81. The monoisotopic (exact) mass is 439 g/mol. The zero-order chi connectivity index (χ0) is 21.5. The van der Waals surface area contributed by atoms with Gasteiger partial charge in [0, 0.05) is 11.4 Å². The number of carbonyl (C=O) groups is 2. The van der Waals surface area contributed by atoms with Gasteiger partial charge in [-0.05, 0) is 56.8 Å². The van der Waals surface area contributed by atoms with E-state index in [2.05, 4.69) is 10.0 Å². The van der Waals surface area contributed by atoms with Crippen LogP contribution in [-0.2, 0) is 14.3 Å². The molecule has 2 aromatic carbocycles. The van der Waals surface area contributed by atoms with E-state index in [-0.39, 0.29) is 10.8 Å². The van der Waals surface area contributed by atoms with E-state index in [9.17, 15) is 9.59 Å². The van der Waals surface area contributed by atoms with Crippen LogP contribution < -0.4 is 9.91 Å². The standard InChI is InChI=1S/C22H21N3O3S2/c1-14-10-12-18(13-11-14)25-22(30-20(23-25)21(27)28-4)24(17-8-6-5-7-9-17)15(2)19(29-22)16(3)26/h5-13H,1-4H3/t22-/m1/s1. The van der Waals surface area contributed by atoms with Crippen LogP contribution in [0.5, 0.6) is 0 Å². The van der Waals surface area contributed by atoms with Crippen LogP contribution >= 0.6 is 23.5 Å². The number of Topliss-reactive ketones (excluding diaryl/α,β-unsaturated/α-hetero) is 1. The summed E-state index contributed by atoms with van der Waals surface area (Å²) < 4.78 is 4.06. The topological polar surface area (TPSA) is 62.2 Å². The van der Waals surface area contributed by atoms with E-state index in [0.717, 1.165) is 22.6 Å². The molecule has 0 N–H and O–H groups in total. The third-order valence-electron chi connectivity index (χ3n) is 4.84. The first kappa shape index (κ1) is 20.6. The summed E-state index contributed by atoms with van der Waals surface area (Å²) in [5.74, 6) is -0.525. The molecule has 0 fully saturated rings. The van der Waals surface area contributed by atoms with Crippen molar-refractivity contribution in [2.45, 2.75) is 25.1 Å². The molecule has 2 aliphatic heterocycles. The van der Waals surface area contributed by atoms with Crippen LogP contribution in [0.4, 0.5) is 11.4 Å². The number of ketones is 1. The number of allylic oxidation sites excluding steroid dienone is 2. The van der Waals surface area contributed by atoms with Crippen molar-refractivity contribution < 1.29 is 14.3 Å². The fourth-order valence-corrected chi connectivity index (χ4v) is 6.43. The number of esters is 1. The Morgan fingerprint density at radius 1 is 0.967 bits per heavy atom. The maximum Gasteiger partial charge on any atom is 0.365 e. The van der Waals surface area contributed by atoms with Gasteiger partial charge in [-0.1, -0.05) is 47.7 Å². The molecule has 30 heavy (non-hydrogen) atoms. The van der Waals surface area contributed by atoms with Gasteiger partial charge >= 0.3 is 5.97 Å². The van der Waals surface area contributed by atoms with Gasteiger partial charge in [0.25, 0.3) is 0 Å². The predicted molar refractivity (Wildman–Crippen MR) is 123 cm³/mol. The quantitative estimate of drug-likeness (QED) is 0.639. The van der Waals surface area contributed by atoms with Crippen molar-refractivity contribution in [3.63, 3.8) is 0 Å². The van der Waals surface area contributed by atoms with Crippen molar-refractivity contribution in [2.75, 3.05) is 17.0 Å². The molecule has 0 bridgehead atoms. The molecule has 2 heterocycles. The minimum atomic E-state index is -0.898. The lowest BCUT2D eigenvalue weighted by Crippen LogP contribution is -2.49. The summed E-state index contributed by atoms with van der Waals surface area (Å²) in [5, 5.41) is 6.68. The highest BCUT2D eigenvalue weighted by Crippen LogP contribution is 2.60. The van der Waals surface area contributed by atoms with E-state index in [1.165, 1.54) is 30.6 Å². The number of ether oxygens (including phenoxy) is 1. The Morgan fingerprint density at radius 3 is 2.23 bits per heavy atom. The number of aryl methyl sites for hydroxylation is 1. The summed E-state index contributed by atoms with van der Waals surface area (Å²) in [6.07, 6.45) is 0. The van der Waals surface area contributed by atoms with Gasteiger partial charge in [0.2, 0.25) is 9.37 Å². The molecule has 0 aliphatic carbocycles. The second-order valence-corrected chi connectivity index (χ2v) is 9.54. The van der Waals surface area contributed by atoms with Crippen LogP contribution in [0.15, 0.2) is 70.3 Å². The molecule has 1 spiro atoms. The van der Waals surface area contributed by atoms with Gasteiger partial charge in [0.15, 0.2) is 5.78 Å². The van der Waals surface area contributed by atoms with Crippen molar-refractivity contribution in [1.82, 2.24) is 0 Å². The first-order valence-electron chi connectivity index (χ1n) is 9.36. The Balaban J connectivity index is 1.91. The third kappa shape index (κ3) is 3.30. The van der Waals surface area contributed by atoms with Crippen LogP contribution in [0.3, 0.4) is 0 Å². The van der Waals surface area contributed by atoms with Gasteiger partial charge < -0.3 is 9.64 Å². The lowest BCUT2D eigenvalue weighted by Gasteiger charge is -2.41. The van der Waals surface area contributed by atoms with Crippen LogP contribution in [0.1, 0.15) is 19.4 Å². The summed E-state index contributed by atoms with van der Waals surface area (Å²) in [4.78, 5) is 27.6. The number of rotatable bonds is 4. The lowest BCUT2D eigenvalue weighted by molar-refractivity contribution is -0.132. The van der Waals surface area contributed by atoms with Crippen molar-refractivity contribution in [2.24, 2.45) is 5.10 Å². The molecular formula is C22H21N3O3S2. The molecule has 1 atom stereocenters. The number of methoxy groups -OCH3 is 1. The van der Waals surface area contributed by atoms with E-state index < -0.39 is 10.3 Å². The maximum atomic E-state index is 12.5. The zero-order valence-corrected chi connectivity index (χ0v) is 18.7. The summed E-state index contributed by atoms with van der Waals surface area (Å²) in [6, 6.07) is 17.7. The predicted octanol–water partition coefficient (Wildman–Crippen LogP) is 4.72. The zero-order valence-electron chi connectivity index (χ0n) is 17.1. The normalized spacial score (nSPS) is 20.7. The van der Waals surface area contributed by atoms with E-state index >= 15 is 0 Å². The number of benzene rings is 2. The van der Waals surface area contributed by atoms with E-state index in [0.29, 0.717) is 4.91 Å². The number of anilines is 2. The van der Waals surface area contributed by atoms with Crippen molar-refractivity contribution in [3.8, 4) is 0 Å². The van der Waals surface area contributed by atoms with Gasteiger partial charge in [0.1, 0.15) is 0 Å². The second kappa shape index (κ2) is 7.85. The summed E-state index contributed by atoms with van der Waals surface area (Å²) >= 11 is 2.69. The van der Waals surface area contributed by atoms with E-state index in [1.807, 2.05) is 68.4 Å². The number of nitrogens with zero attached hydrogens (tertiary/aromatic N) is 3. The molecule has 6 nitrogen and oxygen atoms in total. The maximum absolute atomic E-state index is 12.5. The number of carbonyl (C=O) groups excluding carboxylic acids is 2. The highest BCUT2D eigenvalue weighted by atomic mass is 32.2. The Hall–Kier alpha value is -2.71. The molecule has 0 saturated carbocycles. The Kier molecular flexibility index (Phi) is 5.38. The van der Waals surface area contributed by atoms with Gasteiger partial charge in [0.05, 0.1) is 17.7 Å². The molecule has 0 amide bonds. The molecule has 2 aromatic rings. The molecule has 0 unspecified atom stereocenters. The van der Waals surface area contributed by atoms with Crippen LogP contribution in [0.25, 0.3) is 0 Å². The smallest absolute Gasteiger partial charge is 0.365 e. The van der Waals surface area contributed by atoms with Gasteiger partial charge in [-0.3, -0.25) is 4.79 Å². The number of thioether (sulfide) groups is 2. The fourth-order valence-electron chi connectivity index (χ4n) is 3.45. The molecule has 8 heteroatoms. The fraction of sp³-hybridized carbons (Fsp3) is 0.227. The number of hydrogen-bond acceptors (Lipinski definition) is 8. The molecule has 0 saturated heterocycles. The van der Waals surface area contributed by atoms with Crippen molar-refractivity contribution >= 4 is 51.7 Å². The highest BCUT2D eigenvalue weighted by Gasteiger charge is 2.57. The van der Waals surface area contributed by atoms with Crippen LogP contribution in [0.2, 0.25) is 0 Å². The minimum absolute atomic E-state index is 0.0220. The Morgan fingerprint density at radius 2 is 1.63 bits per heavy atom. The molecule has 2 aliphatic rings. The van der Waals surface area contributed by atoms with Crippen LogP contribution in [-0.4, -0.2) is 28.2 Å². The summed E-state index contributed by atoms with van der Waals surface area (Å²) in [7, 11) is 1.34. The minimum Gasteiger partial charge on any atom is -0.464 e. The lowest BCUT2D eigenvalue weighted by atomic mass is 10.2. The molecule has 0 radical (unpaired) electrons. The van der Waals surface area contributed by atoms with Gasteiger partial charge in [-0.2, -0.15) is 5.10 Å². The summed E-state index contributed by atoms with van der Waals surface area (Å²) in [6.45, 7) is 5.50. The van der Waals surface area contributed by atoms with Gasteiger partial charge in [-0.25, -0.2) is 9.80 Å². The van der Waals surface area contributed by atoms with E-state index in [1.54, 1.807) is 11.9 Å². The average molecular weight is 440 g/mol. The number of hydrogen-bond donors (Lipinski definition) is 0. The van der Waals surface area contributed by atoms with E-state index in [4.69, 9.17) is 4.74 Å². The van der Waals surface area contributed by atoms with Crippen LogP contribution in [0, 0.1) is 6.92 Å².